The molecule has 1 N–H and O–H groups in total. The van der Waals surface area contributed by atoms with Crippen LogP contribution in [0.15, 0.2) is 71.4 Å². The highest BCUT2D eigenvalue weighted by Gasteiger charge is 2.08. The Morgan fingerprint density at radius 2 is 1.45 bits per heavy atom. The third-order valence-electron chi connectivity index (χ3n) is 3.18. The highest BCUT2D eigenvalue weighted by molar-refractivity contribution is 6.11. The predicted molar refractivity (Wildman–Crippen MR) is 97.3 cm³/mol. The normalized spacial score (nSPS) is 13.1. The molecule has 0 aliphatic carbocycles. The van der Waals surface area contributed by atoms with Crippen LogP contribution in [0.2, 0.25) is 0 Å². The molecule has 114 valence electrons. The number of nitrogens with one attached hydrogen (secondary N) is 1. The summed E-state index contributed by atoms with van der Waals surface area (Å²) in [5.74, 6) is 0. The van der Waals surface area contributed by atoms with Crippen molar-refractivity contribution in [2.24, 2.45) is 4.99 Å². The Morgan fingerprint density at radius 3 is 2.00 bits per heavy atom. The van der Waals surface area contributed by atoms with E-state index in [1.807, 2.05) is 30.5 Å². The fourth-order valence-electron chi connectivity index (χ4n) is 2.07. The summed E-state index contributed by atoms with van der Waals surface area (Å²) in [6, 6.07) is 20.6. The molecular formula is C20H24N2. The van der Waals surface area contributed by atoms with Gasteiger partial charge in [0, 0.05) is 23.2 Å². The summed E-state index contributed by atoms with van der Waals surface area (Å²) in [6.45, 7) is 8.40. The largest absolute Gasteiger partial charge is 0.359 e. The number of benzene rings is 2. The molecule has 2 aromatic rings. The zero-order chi connectivity index (χ0) is 16.0. The average molecular weight is 292 g/mol. The van der Waals surface area contributed by atoms with Crippen LogP contribution < -0.4 is 5.32 Å². The Kier molecular flexibility index (Phi) is 5.16. The van der Waals surface area contributed by atoms with E-state index >= 15 is 0 Å². The van der Waals surface area contributed by atoms with Crippen LogP contribution in [-0.2, 0) is 0 Å². The van der Waals surface area contributed by atoms with Crippen LogP contribution >= 0.6 is 0 Å². The fourth-order valence-corrected chi connectivity index (χ4v) is 2.07. The highest BCUT2D eigenvalue weighted by Crippen LogP contribution is 2.20. The number of rotatable bonds is 4. The minimum absolute atomic E-state index is 0.0902. The molecule has 0 saturated heterocycles. The van der Waals surface area contributed by atoms with Crippen molar-refractivity contribution in [3.05, 3.63) is 71.9 Å². The Bertz CT molecular complexity index is 647. The topological polar surface area (TPSA) is 24.4 Å². The van der Waals surface area contributed by atoms with Crippen molar-refractivity contribution < 1.29 is 0 Å². The molecule has 0 bridgehead atoms. The Balaban J connectivity index is 2.38. The number of hydrogen-bond acceptors (Lipinski definition) is 2. The molecule has 2 rings (SSSR count). The third-order valence-corrected chi connectivity index (χ3v) is 3.18. The van der Waals surface area contributed by atoms with Crippen LogP contribution in [0, 0.1) is 0 Å². The maximum Gasteiger partial charge on any atom is 0.0524 e. The van der Waals surface area contributed by atoms with Gasteiger partial charge in [-0.05, 0) is 45.4 Å². The number of hydrogen-bond donors (Lipinski definition) is 1. The fraction of sp³-hybridized carbons (Fsp3) is 0.250. The van der Waals surface area contributed by atoms with E-state index in [0.717, 1.165) is 22.5 Å². The molecule has 22 heavy (non-hydrogen) atoms. The van der Waals surface area contributed by atoms with E-state index in [9.17, 15) is 0 Å². The molecule has 0 unspecified atom stereocenters. The number of anilines is 1. The molecule has 2 aromatic carbocycles. The molecule has 0 aromatic heterocycles. The number of para-hydroxylation sites is 1. The van der Waals surface area contributed by atoms with Crippen molar-refractivity contribution in [1.29, 1.82) is 0 Å². The van der Waals surface area contributed by atoms with Gasteiger partial charge in [0.25, 0.3) is 0 Å². The summed E-state index contributed by atoms with van der Waals surface area (Å²) >= 11 is 0. The lowest BCUT2D eigenvalue weighted by Gasteiger charge is -2.15. The lowest BCUT2D eigenvalue weighted by Crippen LogP contribution is -2.10. The molecule has 2 heteroatoms. The molecule has 0 heterocycles. The Hall–Kier alpha value is -2.35. The number of nitrogens with zero attached hydrogens (tertiary/aromatic N) is 1. The number of allylic oxidation sites excluding steroid dienone is 2. The van der Waals surface area contributed by atoms with Gasteiger partial charge in [-0.25, -0.2) is 0 Å². The monoisotopic (exact) mass is 292 g/mol. The van der Waals surface area contributed by atoms with Gasteiger partial charge < -0.3 is 5.32 Å². The van der Waals surface area contributed by atoms with Gasteiger partial charge in [0.2, 0.25) is 0 Å². The van der Waals surface area contributed by atoms with E-state index in [-0.39, 0.29) is 5.54 Å². The minimum atomic E-state index is -0.0902. The van der Waals surface area contributed by atoms with Gasteiger partial charge >= 0.3 is 0 Å². The second-order valence-electron chi connectivity index (χ2n) is 6.32. The summed E-state index contributed by atoms with van der Waals surface area (Å²) in [7, 11) is 0. The summed E-state index contributed by atoms with van der Waals surface area (Å²) < 4.78 is 0. The summed E-state index contributed by atoms with van der Waals surface area (Å²) in [6.07, 6.45) is 1.97. The van der Waals surface area contributed by atoms with Gasteiger partial charge in [-0.1, -0.05) is 48.5 Å². The molecule has 0 amide bonds. The van der Waals surface area contributed by atoms with E-state index in [1.54, 1.807) is 0 Å². The Morgan fingerprint density at radius 1 is 0.909 bits per heavy atom. The quantitative estimate of drug-likeness (QED) is 0.750. The van der Waals surface area contributed by atoms with Gasteiger partial charge in [0.1, 0.15) is 0 Å². The maximum absolute atomic E-state index is 4.67. The second kappa shape index (κ2) is 7.08. The zero-order valence-electron chi connectivity index (χ0n) is 13.8. The van der Waals surface area contributed by atoms with E-state index in [4.69, 9.17) is 0 Å². The molecule has 0 aliphatic heterocycles. The van der Waals surface area contributed by atoms with E-state index in [0.29, 0.717) is 0 Å². The van der Waals surface area contributed by atoms with Crippen molar-refractivity contribution in [3.63, 3.8) is 0 Å². The van der Waals surface area contributed by atoms with Crippen LogP contribution in [0.4, 0.5) is 5.69 Å². The molecular weight excluding hydrogens is 268 g/mol. The van der Waals surface area contributed by atoms with Gasteiger partial charge in [-0.2, -0.15) is 0 Å². The van der Waals surface area contributed by atoms with Crippen LogP contribution in [-0.4, -0.2) is 11.8 Å². The molecule has 0 saturated carbocycles. The summed E-state index contributed by atoms with van der Waals surface area (Å²) in [5.41, 5.74) is 4.35. The van der Waals surface area contributed by atoms with Crippen molar-refractivity contribution in [3.8, 4) is 0 Å². The van der Waals surface area contributed by atoms with Gasteiger partial charge in [0.05, 0.1) is 5.54 Å². The molecule has 0 aliphatic rings. The van der Waals surface area contributed by atoms with Gasteiger partial charge in [0.15, 0.2) is 0 Å². The SMILES string of the molecule is C/C(Nc1ccccc1)=C(/C=NC(C)(C)C)c1ccccc1. The van der Waals surface area contributed by atoms with E-state index in [2.05, 4.69) is 74.4 Å². The van der Waals surface area contributed by atoms with E-state index < -0.39 is 0 Å². The zero-order valence-corrected chi connectivity index (χ0v) is 13.8. The van der Waals surface area contributed by atoms with E-state index in [1.165, 1.54) is 0 Å². The second-order valence-corrected chi connectivity index (χ2v) is 6.32. The van der Waals surface area contributed by atoms with Crippen molar-refractivity contribution in [1.82, 2.24) is 0 Å². The molecule has 2 nitrogen and oxygen atoms in total. The standard InChI is InChI=1S/C20H24N2/c1-16(22-18-13-9-6-10-14-18)19(15-21-20(2,3)4)17-11-7-5-8-12-17/h5-15,22H,1-4H3/b19-16+,21-15?. The lowest BCUT2D eigenvalue weighted by molar-refractivity contribution is 0.587. The van der Waals surface area contributed by atoms with Gasteiger partial charge in [-0.3, -0.25) is 4.99 Å². The minimum Gasteiger partial charge on any atom is -0.359 e. The lowest BCUT2D eigenvalue weighted by atomic mass is 10.0. The third kappa shape index (κ3) is 4.88. The maximum atomic E-state index is 4.67. The average Bonchev–Trinajstić information content (AvgIpc) is 2.48. The highest BCUT2D eigenvalue weighted by atomic mass is 14.9. The summed E-state index contributed by atoms with van der Waals surface area (Å²) in [4.78, 5) is 4.67. The first-order valence-electron chi connectivity index (χ1n) is 7.59. The van der Waals surface area contributed by atoms with Crippen LogP contribution in [0.1, 0.15) is 33.3 Å². The van der Waals surface area contributed by atoms with Crippen molar-refractivity contribution in [2.75, 3.05) is 5.32 Å². The van der Waals surface area contributed by atoms with Crippen molar-refractivity contribution in [2.45, 2.75) is 33.2 Å². The van der Waals surface area contributed by atoms with Crippen LogP contribution in [0.5, 0.6) is 0 Å². The summed E-state index contributed by atoms with van der Waals surface area (Å²) in [5, 5.41) is 3.47. The molecule has 0 fully saturated rings. The molecule has 0 atom stereocenters. The number of aliphatic imine (C=N–C) groups is 1. The predicted octanol–water partition coefficient (Wildman–Crippen LogP) is 5.40. The smallest absolute Gasteiger partial charge is 0.0524 e. The first kappa shape index (κ1) is 16.0. The Labute approximate surface area is 133 Å². The van der Waals surface area contributed by atoms with Crippen LogP contribution in [0.25, 0.3) is 5.57 Å². The van der Waals surface area contributed by atoms with Crippen LogP contribution in [0.3, 0.4) is 0 Å². The molecule has 0 spiro atoms. The first-order chi connectivity index (χ1) is 10.5. The van der Waals surface area contributed by atoms with Crippen molar-refractivity contribution >= 4 is 17.5 Å². The molecule has 0 radical (unpaired) electrons. The first-order valence-corrected chi connectivity index (χ1v) is 7.59. The van der Waals surface area contributed by atoms with Gasteiger partial charge in [-0.15, -0.1) is 0 Å².